The van der Waals surface area contributed by atoms with E-state index in [4.69, 9.17) is 0 Å². The van der Waals surface area contributed by atoms with Crippen LogP contribution in [0.25, 0.3) is 0 Å². The molecule has 2 aromatic rings. The lowest BCUT2D eigenvalue weighted by Gasteiger charge is -2.03. The lowest BCUT2D eigenvalue weighted by Crippen LogP contribution is -2.22. The maximum absolute atomic E-state index is 12.2. The van der Waals surface area contributed by atoms with Gasteiger partial charge in [-0.15, -0.1) is 11.3 Å². The molecule has 0 atom stereocenters. The molecule has 0 aliphatic carbocycles. The Morgan fingerprint density at radius 3 is 2.90 bits per heavy atom. The summed E-state index contributed by atoms with van der Waals surface area (Å²) in [5.74, 6) is 0. The Balaban J connectivity index is 1.97. The van der Waals surface area contributed by atoms with E-state index in [2.05, 4.69) is 20.1 Å². The molecule has 0 saturated heterocycles. The Morgan fingerprint density at radius 2 is 2.24 bits per heavy atom. The molecular weight excluding hydrogens is 310 g/mol. The zero-order chi connectivity index (χ0) is 15.3. The molecule has 0 bridgehead atoms. The molecule has 0 fully saturated rings. The van der Waals surface area contributed by atoms with E-state index in [0.717, 1.165) is 23.5 Å². The van der Waals surface area contributed by atoms with Crippen LogP contribution in [-0.4, -0.2) is 36.8 Å². The smallest absolute Gasteiger partial charge is 0.244 e. The lowest BCUT2D eigenvalue weighted by atomic mass is 10.4. The summed E-state index contributed by atoms with van der Waals surface area (Å²) < 4.78 is 28.6. The van der Waals surface area contributed by atoms with E-state index in [-0.39, 0.29) is 11.4 Å². The number of nitrogens with zero attached hydrogens (tertiary/aromatic N) is 3. The predicted octanol–water partition coefficient (Wildman–Crippen LogP) is 0.736. The Kier molecular flexibility index (Phi) is 5.45. The van der Waals surface area contributed by atoms with Crippen molar-refractivity contribution in [2.45, 2.75) is 31.3 Å². The molecule has 0 unspecified atom stereocenters. The second-order valence-electron chi connectivity index (χ2n) is 4.58. The monoisotopic (exact) mass is 329 g/mol. The number of hydrogen-bond donors (Lipinski definition) is 2. The van der Waals surface area contributed by atoms with Crippen LogP contribution in [0.5, 0.6) is 0 Å². The molecule has 0 amide bonds. The highest BCUT2D eigenvalue weighted by atomic mass is 32.2. The van der Waals surface area contributed by atoms with Crippen molar-refractivity contribution in [2.24, 2.45) is 0 Å². The molecule has 0 radical (unpaired) electrons. The van der Waals surface area contributed by atoms with Gasteiger partial charge in [0.1, 0.15) is 4.90 Å². The lowest BCUT2D eigenvalue weighted by molar-refractivity contribution is 0.560. The van der Waals surface area contributed by atoms with E-state index >= 15 is 0 Å². The van der Waals surface area contributed by atoms with Crippen LogP contribution in [0.1, 0.15) is 17.0 Å². The van der Waals surface area contributed by atoms with Crippen LogP contribution in [0.15, 0.2) is 22.8 Å². The fourth-order valence-electron chi connectivity index (χ4n) is 1.76. The molecule has 0 saturated carbocycles. The third-order valence-electron chi connectivity index (χ3n) is 3.00. The van der Waals surface area contributed by atoms with Crippen LogP contribution in [0.2, 0.25) is 0 Å². The van der Waals surface area contributed by atoms with Gasteiger partial charge in [-0.2, -0.15) is 5.10 Å². The van der Waals surface area contributed by atoms with Gasteiger partial charge in [-0.25, -0.2) is 18.1 Å². The number of aromatic nitrogens is 3. The molecule has 7 nitrogen and oxygen atoms in total. The molecule has 2 aromatic heterocycles. The molecule has 0 spiro atoms. The fourth-order valence-corrected chi connectivity index (χ4v) is 3.52. The Labute approximate surface area is 128 Å². The number of nitrogens with one attached hydrogen (secondary N) is 2. The van der Waals surface area contributed by atoms with Crippen LogP contribution >= 0.6 is 11.3 Å². The van der Waals surface area contributed by atoms with Crippen LogP contribution < -0.4 is 10.0 Å². The van der Waals surface area contributed by atoms with Gasteiger partial charge in [-0.3, -0.25) is 4.68 Å². The number of sulfonamides is 1. The average molecular weight is 329 g/mol. The number of rotatable bonds is 8. The minimum atomic E-state index is -3.53. The van der Waals surface area contributed by atoms with Gasteiger partial charge in [0.05, 0.1) is 17.4 Å². The van der Waals surface area contributed by atoms with Gasteiger partial charge in [0.25, 0.3) is 0 Å². The second kappa shape index (κ2) is 7.12. The summed E-state index contributed by atoms with van der Waals surface area (Å²) in [6.45, 7) is 3.67. The Hall–Kier alpha value is -1.29. The van der Waals surface area contributed by atoms with Crippen LogP contribution in [-0.2, 0) is 23.1 Å². The maximum Gasteiger partial charge on any atom is 0.244 e. The molecule has 21 heavy (non-hydrogen) atoms. The highest BCUT2D eigenvalue weighted by Crippen LogP contribution is 2.14. The van der Waals surface area contributed by atoms with E-state index in [0.29, 0.717) is 6.54 Å². The van der Waals surface area contributed by atoms with E-state index in [1.54, 1.807) is 16.4 Å². The van der Waals surface area contributed by atoms with E-state index in [1.165, 1.54) is 17.5 Å². The normalized spacial score (nSPS) is 11.9. The van der Waals surface area contributed by atoms with Crippen molar-refractivity contribution in [3.8, 4) is 0 Å². The number of hydrogen-bond acceptors (Lipinski definition) is 6. The minimum Gasteiger partial charge on any atom is -0.320 e. The standard InChI is InChI=1S/C12H19N5O2S2/c1-10-12(20-9-14-10)7-16-21(18,19)11-6-15-17(8-11)5-3-4-13-2/h6,8-9,13,16H,3-5,7H2,1-2H3. The summed E-state index contributed by atoms with van der Waals surface area (Å²) in [6.07, 6.45) is 3.82. The molecular formula is C12H19N5O2S2. The molecule has 9 heteroatoms. The zero-order valence-electron chi connectivity index (χ0n) is 12.0. The summed E-state index contributed by atoms with van der Waals surface area (Å²) in [6, 6.07) is 0. The van der Waals surface area contributed by atoms with Crippen LogP contribution in [0.3, 0.4) is 0 Å². The zero-order valence-corrected chi connectivity index (χ0v) is 13.7. The Morgan fingerprint density at radius 1 is 1.43 bits per heavy atom. The summed E-state index contributed by atoms with van der Waals surface area (Å²) >= 11 is 1.44. The second-order valence-corrected chi connectivity index (χ2v) is 7.29. The SMILES string of the molecule is CNCCCn1cc(S(=O)(=O)NCc2scnc2C)cn1. The van der Waals surface area contributed by atoms with Crippen molar-refractivity contribution < 1.29 is 8.42 Å². The average Bonchev–Trinajstić information content (AvgIpc) is 3.06. The molecule has 0 aromatic carbocycles. The van der Waals surface area contributed by atoms with Gasteiger partial charge in [0.2, 0.25) is 10.0 Å². The van der Waals surface area contributed by atoms with Crippen molar-refractivity contribution in [1.29, 1.82) is 0 Å². The van der Waals surface area contributed by atoms with Crippen molar-refractivity contribution in [3.63, 3.8) is 0 Å². The molecule has 2 rings (SSSR count). The van der Waals surface area contributed by atoms with Gasteiger partial charge in [-0.05, 0) is 26.9 Å². The highest BCUT2D eigenvalue weighted by molar-refractivity contribution is 7.89. The first kappa shape index (κ1) is 16.1. The van der Waals surface area contributed by atoms with E-state index in [9.17, 15) is 8.42 Å². The highest BCUT2D eigenvalue weighted by Gasteiger charge is 2.17. The van der Waals surface area contributed by atoms with Crippen LogP contribution in [0, 0.1) is 6.92 Å². The van der Waals surface area contributed by atoms with Crippen LogP contribution in [0.4, 0.5) is 0 Å². The van der Waals surface area contributed by atoms with E-state index in [1.807, 2.05) is 14.0 Å². The molecule has 0 aliphatic rings. The molecule has 0 aliphatic heterocycles. The summed E-state index contributed by atoms with van der Waals surface area (Å²) in [5, 5.41) is 7.12. The summed E-state index contributed by atoms with van der Waals surface area (Å²) in [4.78, 5) is 5.20. The first-order valence-electron chi connectivity index (χ1n) is 6.58. The third kappa shape index (κ3) is 4.34. The van der Waals surface area contributed by atoms with Crippen molar-refractivity contribution in [2.75, 3.05) is 13.6 Å². The summed E-state index contributed by atoms with van der Waals surface area (Å²) in [5.41, 5.74) is 2.56. The topological polar surface area (TPSA) is 88.9 Å². The predicted molar refractivity (Wildman–Crippen MR) is 81.6 cm³/mol. The van der Waals surface area contributed by atoms with Gasteiger partial charge in [-0.1, -0.05) is 0 Å². The van der Waals surface area contributed by atoms with Crippen molar-refractivity contribution in [1.82, 2.24) is 24.8 Å². The van der Waals surface area contributed by atoms with Gasteiger partial charge in [0, 0.05) is 24.2 Å². The first-order valence-corrected chi connectivity index (χ1v) is 8.95. The maximum atomic E-state index is 12.2. The largest absolute Gasteiger partial charge is 0.320 e. The van der Waals surface area contributed by atoms with E-state index < -0.39 is 10.0 Å². The third-order valence-corrected chi connectivity index (χ3v) is 5.29. The fraction of sp³-hybridized carbons (Fsp3) is 0.500. The summed E-state index contributed by atoms with van der Waals surface area (Å²) in [7, 11) is -1.65. The van der Waals surface area contributed by atoms with Gasteiger partial charge in [0.15, 0.2) is 0 Å². The molecule has 2 heterocycles. The van der Waals surface area contributed by atoms with Crippen molar-refractivity contribution in [3.05, 3.63) is 28.5 Å². The minimum absolute atomic E-state index is 0.189. The van der Waals surface area contributed by atoms with Gasteiger partial charge >= 0.3 is 0 Å². The molecule has 2 N–H and O–H groups in total. The number of thiazole rings is 1. The van der Waals surface area contributed by atoms with Gasteiger partial charge < -0.3 is 5.32 Å². The first-order chi connectivity index (χ1) is 10.0. The molecule has 116 valence electrons. The van der Waals surface area contributed by atoms with Crippen molar-refractivity contribution >= 4 is 21.4 Å². The number of aryl methyl sites for hydroxylation is 2. The Bertz CT molecular complexity index is 677. The quantitative estimate of drug-likeness (QED) is 0.697.